The summed E-state index contributed by atoms with van der Waals surface area (Å²) in [6.07, 6.45) is -1.89. The van der Waals surface area contributed by atoms with Crippen molar-refractivity contribution >= 4 is 40.2 Å². The number of halogens is 4. The van der Waals surface area contributed by atoms with Crippen LogP contribution in [0.3, 0.4) is 0 Å². The van der Waals surface area contributed by atoms with Crippen LogP contribution in [0.1, 0.15) is 69.3 Å². The van der Waals surface area contributed by atoms with Gasteiger partial charge >= 0.3 is 6.18 Å². The SMILES string of the molecule is CCC(C)[C@H](NC(=O)C1CCc2[nH]c3c(C(F)(F)F)cccc3c2C1)C(=O)NNc1ccccc1.CCC(C)[C@H](NC(=O)Cc1ccccc1F)C(N)=O. The first-order chi connectivity index (χ1) is 25.6. The Morgan fingerprint density at radius 3 is 2.15 bits per heavy atom. The molecule has 1 aliphatic rings. The van der Waals surface area contributed by atoms with Crippen LogP contribution in [0.5, 0.6) is 0 Å². The fourth-order valence-corrected chi connectivity index (χ4v) is 6.38. The fourth-order valence-electron chi connectivity index (χ4n) is 6.38. The maximum atomic E-state index is 13.5. The zero-order valence-corrected chi connectivity index (χ0v) is 30.8. The molecule has 4 aromatic rings. The molecule has 0 bridgehead atoms. The van der Waals surface area contributed by atoms with Crippen molar-refractivity contribution in [3.63, 3.8) is 0 Å². The van der Waals surface area contributed by atoms with Gasteiger partial charge in [-0.2, -0.15) is 13.2 Å². The zero-order valence-electron chi connectivity index (χ0n) is 30.8. The molecule has 1 aromatic heterocycles. The van der Waals surface area contributed by atoms with Crippen molar-refractivity contribution in [1.29, 1.82) is 0 Å². The highest BCUT2D eigenvalue weighted by atomic mass is 19.4. The van der Waals surface area contributed by atoms with Crippen molar-refractivity contribution in [3.8, 4) is 0 Å². The van der Waals surface area contributed by atoms with Crippen LogP contribution in [0.2, 0.25) is 0 Å². The number of rotatable bonds is 13. The number of aromatic nitrogens is 1. The molecule has 7 N–H and O–H groups in total. The Hall–Kier alpha value is -5.40. The summed E-state index contributed by atoms with van der Waals surface area (Å²) < 4.78 is 53.8. The van der Waals surface area contributed by atoms with Crippen LogP contribution in [-0.2, 0) is 44.6 Å². The van der Waals surface area contributed by atoms with E-state index in [-0.39, 0.29) is 35.6 Å². The van der Waals surface area contributed by atoms with E-state index in [0.29, 0.717) is 48.7 Å². The molecular formula is C40H48F4N6O4. The summed E-state index contributed by atoms with van der Waals surface area (Å²) in [5.41, 5.74) is 12.6. The molecule has 0 spiro atoms. The number of fused-ring (bicyclic) bond motifs is 3. The molecule has 54 heavy (non-hydrogen) atoms. The number of primary amides is 1. The first kappa shape index (κ1) is 41.4. The van der Waals surface area contributed by atoms with Gasteiger partial charge in [-0.25, -0.2) is 4.39 Å². The van der Waals surface area contributed by atoms with E-state index in [1.165, 1.54) is 18.2 Å². The number of carbonyl (C=O) groups is 4. The summed E-state index contributed by atoms with van der Waals surface area (Å²) in [5, 5.41) is 5.96. The summed E-state index contributed by atoms with van der Waals surface area (Å²) in [6, 6.07) is 17.9. The van der Waals surface area contributed by atoms with E-state index in [0.717, 1.165) is 17.3 Å². The minimum Gasteiger partial charge on any atom is -0.368 e. The van der Waals surface area contributed by atoms with Gasteiger partial charge in [-0.15, -0.1) is 0 Å². The average Bonchev–Trinajstić information content (AvgIpc) is 3.53. The van der Waals surface area contributed by atoms with E-state index in [4.69, 9.17) is 5.73 Å². The number of nitrogens with two attached hydrogens (primary N) is 1. The number of aromatic amines is 1. The van der Waals surface area contributed by atoms with Crippen LogP contribution < -0.4 is 27.2 Å². The molecule has 3 unspecified atom stereocenters. The molecule has 14 heteroatoms. The van der Waals surface area contributed by atoms with Crippen molar-refractivity contribution in [1.82, 2.24) is 21.0 Å². The van der Waals surface area contributed by atoms with Gasteiger partial charge in [0.15, 0.2) is 0 Å². The minimum absolute atomic E-state index is 0.0536. The highest BCUT2D eigenvalue weighted by Gasteiger charge is 2.36. The maximum Gasteiger partial charge on any atom is 0.418 e. The predicted molar refractivity (Wildman–Crippen MR) is 199 cm³/mol. The predicted octanol–water partition coefficient (Wildman–Crippen LogP) is 6.35. The van der Waals surface area contributed by atoms with Gasteiger partial charge in [-0.1, -0.05) is 89.1 Å². The Balaban J connectivity index is 0.000000290. The lowest BCUT2D eigenvalue weighted by Crippen LogP contribution is -2.53. The molecule has 0 aliphatic heterocycles. The maximum absolute atomic E-state index is 13.5. The molecule has 3 aromatic carbocycles. The van der Waals surface area contributed by atoms with Crippen LogP contribution in [0.15, 0.2) is 72.8 Å². The average molecular weight is 753 g/mol. The lowest BCUT2D eigenvalue weighted by molar-refractivity contribution is -0.136. The van der Waals surface area contributed by atoms with Crippen molar-refractivity contribution < 1.29 is 36.7 Å². The van der Waals surface area contributed by atoms with Crippen molar-refractivity contribution in [2.24, 2.45) is 23.5 Å². The van der Waals surface area contributed by atoms with Crippen LogP contribution in [0.25, 0.3) is 10.9 Å². The van der Waals surface area contributed by atoms with Gasteiger partial charge < -0.3 is 21.4 Å². The highest BCUT2D eigenvalue weighted by Crippen LogP contribution is 2.39. The van der Waals surface area contributed by atoms with Crippen molar-refractivity contribution in [3.05, 3.63) is 101 Å². The number of amides is 4. The molecule has 1 aliphatic carbocycles. The molecule has 0 saturated carbocycles. The third-order valence-electron chi connectivity index (χ3n) is 9.94. The number of alkyl halides is 3. The third kappa shape index (κ3) is 10.6. The second-order valence-corrected chi connectivity index (χ2v) is 13.7. The molecule has 5 atom stereocenters. The number of para-hydroxylation sites is 2. The summed E-state index contributed by atoms with van der Waals surface area (Å²) in [6.45, 7) is 7.57. The molecule has 4 amide bonds. The summed E-state index contributed by atoms with van der Waals surface area (Å²) >= 11 is 0. The van der Waals surface area contributed by atoms with Gasteiger partial charge in [0, 0.05) is 17.0 Å². The van der Waals surface area contributed by atoms with E-state index in [9.17, 15) is 36.7 Å². The molecule has 290 valence electrons. The molecule has 5 rings (SSSR count). The van der Waals surface area contributed by atoms with Crippen LogP contribution >= 0.6 is 0 Å². The first-order valence-corrected chi connectivity index (χ1v) is 18.1. The Morgan fingerprint density at radius 2 is 1.52 bits per heavy atom. The Labute approximate surface area is 312 Å². The van der Waals surface area contributed by atoms with Crippen LogP contribution in [0.4, 0.5) is 23.2 Å². The second-order valence-electron chi connectivity index (χ2n) is 13.7. The number of hydrogen-bond acceptors (Lipinski definition) is 5. The van der Waals surface area contributed by atoms with Crippen LogP contribution in [0, 0.1) is 23.6 Å². The number of nitrogens with one attached hydrogen (secondary N) is 5. The molecular weight excluding hydrogens is 704 g/mol. The van der Waals surface area contributed by atoms with E-state index < -0.39 is 47.4 Å². The highest BCUT2D eigenvalue weighted by molar-refractivity contribution is 5.92. The Morgan fingerprint density at radius 1 is 0.870 bits per heavy atom. The number of hydrogen-bond donors (Lipinski definition) is 6. The fraction of sp³-hybridized carbons (Fsp3) is 0.400. The lowest BCUT2D eigenvalue weighted by atomic mass is 9.85. The molecule has 0 fully saturated rings. The van der Waals surface area contributed by atoms with Gasteiger partial charge in [-0.3, -0.25) is 30.0 Å². The van der Waals surface area contributed by atoms with E-state index in [2.05, 4.69) is 26.5 Å². The molecule has 10 nitrogen and oxygen atoms in total. The van der Waals surface area contributed by atoms with E-state index >= 15 is 0 Å². The standard InChI is InChI=1S/C26H29F3N4O2.C14H19FN2O2/c1-3-15(2)22(25(35)33-32-17-8-5-4-6-9-17)31-24(34)16-12-13-21-19(14-16)18-10-7-11-20(23(18)30-21)26(27,28)29;1-3-9(2)13(14(16)19)17-12(18)8-10-6-4-5-7-11(10)15/h4-11,15-16,22,30,32H,3,12-14H2,1-2H3,(H,31,34)(H,33,35);4-7,9,13H,3,8H2,1-2H3,(H2,16,19)(H,17,18)/t15?,16?,22-;9?,13-/m00/s1. The second kappa shape index (κ2) is 18.6. The minimum atomic E-state index is -4.46. The normalized spacial score (nSPS) is 16.0. The summed E-state index contributed by atoms with van der Waals surface area (Å²) in [4.78, 5) is 52.1. The number of aryl methyl sites for hydroxylation is 1. The number of anilines is 1. The zero-order chi connectivity index (χ0) is 39.6. The van der Waals surface area contributed by atoms with Crippen molar-refractivity contribution in [2.75, 3.05) is 5.43 Å². The summed E-state index contributed by atoms with van der Waals surface area (Å²) in [7, 11) is 0. The lowest BCUT2D eigenvalue weighted by Gasteiger charge is -2.28. The molecule has 0 saturated heterocycles. The topological polar surface area (TPSA) is 158 Å². The summed E-state index contributed by atoms with van der Waals surface area (Å²) in [5.74, 6) is -2.63. The Bertz CT molecular complexity index is 1920. The quantitative estimate of drug-likeness (QED) is 0.0693. The van der Waals surface area contributed by atoms with E-state index in [1.54, 1.807) is 18.2 Å². The number of H-pyrrole nitrogens is 1. The first-order valence-electron chi connectivity index (χ1n) is 18.1. The number of carbonyl (C=O) groups excluding carboxylic acids is 4. The van der Waals surface area contributed by atoms with Gasteiger partial charge in [-0.05, 0) is 66.5 Å². The monoisotopic (exact) mass is 752 g/mol. The van der Waals surface area contributed by atoms with Crippen LogP contribution in [-0.4, -0.2) is 40.7 Å². The van der Waals surface area contributed by atoms with Gasteiger partial charge in [0.2, 0.25) is 17.7 Å². The number of hydrazine groups is 1. The largest absolute Gasteiger partial charge is 0.418 e. The Kier molecular flexibility index (Phi) is 14.2. The van der Waals surface area contributed by atoms with Crippen molar-refractivity contribution in [2.45, 2.75) is 84.5 Å². The molecule has 0 radical (unpaired) electrons. The molecule has 1 heterocycles. The smallest absolute Gasteiger partial charge is 0.368 e. The van der Waals surface area contributed by atoms with Gasteiger partial charge in [0.25, 0.3) is 5.91 Å². The van der Waals surface area contributed by atoms with Gasteiger partial charge in [0.05, 0.1) is 23.2 Å². The van der Waals surface area contributed by atoms with E-state index in [1.807, 2.05) is 58.0 Å². The van der Waals surface area contributed by atoms with Gasteiger partial charge in [0.1, 0.15) is 17.9 Å². The third-order valence-corrected chi connectivity index (χ3v) is 9.94. The number of benzene rings is 3.